The average molecular weight is 358 g/mol. The van der Waals surface area contributed by atoms with Gasteiger partial charge in [0.25, 0.3) is 0 Å². The summed E-state index contributed by atoms with van der Waals surface area (Å²) in [5.74, 6) is -1.43. The summed E-state index contributed by atoms with van der Waals surface area (Å²) in [6.45, 7) is -0.257. The van der Waals surface area contributed by atoms with Gasteiger partial charge in [0.15, 0.2) is 18.5 Å². The number of hydrogen-bond acceptors (Lipinski definition) is 7. The van der Waals surface area contributed by atoms with Crippen molar-refractivity contribution in [1.29, 1.82) is 0 Å². The van der Waals surface area contributed by atoms with Gasteiger partial charge in [-0.15, -0.1) is 0 Å². The van der Waals surface area contributed by atoms with Crippen molar-refractivity contribution in [3.05, 3.63) is 71.8 Å². The van der Waals surface area contributed by atoms with Crippen molar-refractivity contribution in [3.63, 3.8) is 0 Å². The Hall–Kier alpha value is -2.74. The van der Waals surface area contributed by atoms with E-state index < -0.39 is 36.5 Å². The Morgan fingerprint density at radius 3 is 1.77 bits per heavy atom. The van der Waals surface area contributed by atoms with Gasteiger partial charge in [-0.3, -0.25) is 0 Å². The fourth-order valence-corrected chi connectivity index (χ4v) is 2.57. The number of aliphatic hydroxyl groups excluding tert-OH is 2. The van der Waals surface area contributed by atoms with E-state index in [-0.39, 0.29) is 17.7 Å². The van der Waals surface area contributed by atoms with Crippen LogP contribution >= 0.6 is 0 Å². The molecule has 3 rings (SSSR count). The summed E-state index contributed by atoms with van der Waals surface area (Å²) in [6.07, 6.45) is -5.41. The molecule has 2 aromatic carbocycles. The second kappa shape index (κ2) is 8.09. The van der Waals surface area contributed by atoms with E-state index in [4.69, 9.17) is 14.2 Å². The zero-order valence-corrected chi connectivity index (χ0v) is 13.7. The Labute approximate surface area is 149 Å². The molecule has 4 atom stereocenters. The third kappa shape index (κ3) is 4.08. The van der Waals surface area contributed by atoms with Crippen LogP contribution in [0, 0.1) is 0 Å². The molecule has 26 heavy (non-hydrogen) atoms. The lowest BCUT2D eigenvalue weighted by Crippen LogP contribution is -2.56. The molecule has 2 N–H and O–H groups in total. The maximum absolute atomic E-state index is 12.3. The lowest BCUT2D eigenvalue weighted by Gasteiger charge is -2.37. The molecule has 0 aliphatic carbocycles. The largest absolute Gasteiger partial charge is 0.452 e. The predicted octanol–water partition coefficient (Wildman–Crippen LogP) is 1.15. The zero-order chi connectivity index (χ0) is 18.5. The number of rotatable bonds is 4. The molecule has 1 heterocycles. The van der Waals surface area contributed by atoms with Gasteiger partial charge in [-0.25, -0.2) is 9.59 Å². The lowest BCUT2D eigenvalue weighted by molar-refractivity contribution is -0.251. The molecular weight excluding hydrogens is 340 g/mol. The lowest BCUT2D eigenvalue weighted by atomic mass is 10.0. The first-order chi connectivity index (χ1) is 12.6. The van der Waals surface area contributed by atoms with E-state index in [1.165, 1.54) is 0 Å². The highest BCUT2D eigenvalue weighted by Gasteiger charge is 2.44. The van der Waals surface area contributed by atoms with Crippen molar-refractivity contribution >= 4 is 11.9 Å². The van der Waals surface area contributed by atoms with Crippen LogP contribution in [0.2, 0.25) is 0 Å². The van der Waals surface area contributed by atoms with Crippen LogP contribution in [0.4, 0.5) is 0 Å². The quantitative estimate of drug-likeness (QED) is 0.790. The third-order valence-electron chi connectivity index (χ3n) is 3.93. The van der Waals surface area contributed by atoms with E-state index in [1.54, 1.807) is 60.7 Å². The zero-order valence-electron chi connectivity index (χ0n) is 13.7. The van der Waals surface area contributed by atoms with Crippen LogP contribution in [0.1, 0.15) is 20.7 Å². The number of hydrogen-bond donors (Lipinski definition) is 2. The van der Waals surface area contributed by atoms with Gasteiger partial charge >= 0.3 is 11.9 Å². The van der Waals surface area contributed by atoms with Crippen LogP contribution in [0.25, 0.3) is 0 Å². The second-order valence-corrected chi connectivity index (χ2v) is 5.76. The van der Waals surface area contributed by atoms with Crippen molar-refractivity contribution in [2.45, 2.75) is 24.6 Å². The van der Waals surface area contributed by atoms with E-state index in [2.05, 4.69) is 0 Å². The Morgan fingerprint density at radius 2 is 1.27 bits per heavy atom. The molecular formula is C19H18O7. The van der Waals surface area contributed by atoms with Gasteiger partial charge < -0.3 is 24.4 Å². The first kappa shape index (κ1) is 18.1. The molecule has 1 aliphatic rings. The van der Waals surface area contributed by atoms with Crippen LogP contribution < -0.4 is 0 Å². The molecule has 0 bridgehead atoms. The molecule has 0 aromatic heterocycles. The Balaban J connectivity index is 1.76. The molecule has 1 saturated heterocycles. The van der Waals surface area contributed by atoms with E-state index >= 15 is 0 Å². The standard InChI is InChI=1S/C19H18O7/c20-14-11-24-19(23)16(26-18(22)13-9-5-2-6-10-13)15(14)25-17(21)12-7-3-1-4-8-12/h1-10,14-16,19-20,23H,11H2/t14-,15-,16?,19+/m0/s1. The van der Waals surface area contributed by atoms with Crippen LogP contribution in [-0.2, 0) is 14.2 Å². The SMILES string of the molecule is O=C(OC1[C@H](O)OC[C@H](O)[C@@H]1OC(=O)c1ccccc1)c1ccccc1. The number of benzene rings is 2. The summed E-state index contributed by atoms with van der Waals surface area (Å²) in [7, 11) is 0. The number of ether oxygens (including phenoxy) is 3. The molecule has 0 amide bonds. The van der Waals surface area contributed by atoms with Gasteiger partial charge in [0.05, 0.1) is 17.7 Å². The van der Waals surface area contributed by atoms with Crippen molar-refractivity contribution in [2.75, 3.05) is 6.61 Å². The predicted molar refractivity (Wildman–Crippen MR) is 89.3 cm³/mol. The minimum absolute atomic E-state index is 0.257. The number of aliphatic hydroxyl groups is 2. The first-order valence-corrected chi connectivity index (χ1v) is 8.06. The van der Waals surface area contributed by atoms with Gasteiger partial charge in [0.1, 0.15) is 6.10 Å². The van der Waals surface area contributed by atoms with Crippen molar-refractivity contribution in [2.24, 2.45) is 0 Å². The molecule has 7 heteroatoms. The average Bonchev–Trinajstić information content (AvgIpc) is 2.68. The van der Waals surface area contributed by atoms with Gasteiger partial charge in [-0.2, -0.15) is 0 Å². The Bertz CT molecular complexity index is 681. The maximum atomic E-state index is 12.3. The normalized spacial score (nSPS) is 25.3. The van der Waals surface area contributed by atoms with Crippen LogP contribution in [-0.4, -0.2) is 53.4 Å². The van der Waals surface area contributed by atoms with E-state index in [1.807, 2.05) is 0 Å². The minimum atomic E-state index is -1.53. The maximum Gasteiger partial charge on any atom is 0.338 e. The molecule has 7 nitrogen and oxygen atoms in total. The molecule has 136 valence electrons. The highest BCUT2D eigenvalue weighted by atomic mass is 16.7. The summed E-state index contributed by atoms with van der Waals surface area (Å²) in [4.78, 5) is 24.5. The van der Waals surface area contributed by atoms with Gasteiger partial charge in [-0.05, 0) is 24.3 Å². The van der Waals surface area contributed by atoms with Crippen LogP contribution in [0.15, 0.2) is 60.7 Å². The Morgan fingerprint density at radius 1 is 0.808 bits per heavy atom. The summed E-state index contributed by atoms with van der Waals surface area (Å²) in [5.41, 5.74) is 0.529. The topological polar surface area (TPSA) is 102 Å². The molecule has 1 aliphatic heterocycles. The smallest absolute Gasteiger partial charge is 0.338 e. The molecule has 2 aromatic rings. The third-order valence-corrected chi connectivity index (χ3v) is 3.93. The summed E-state index contributed by atoms with van der Waals surface area (Å²) in [6, 6.07) is 16.3. The number of carbonyl (C=O) groups excluding carboxylic acids is 2. The fourth-order valence-electron chi connectivity index (χ4n) is 2.57. The Kier molecular flexibility index (Phi) is 5.62. The van der Waals surface area contributed by atoms with Crippen LogP contribution in [0.3, 0.4) is 0 Å². The molecule has 0 saturated carbocycles. The van der Waals surface area contributed by atoms with Crippen molar-refractivity contribution < 1.29 is 34.0 Å². The fraction of sp³-hybridized carbons (Fsp3) is 0.263. The number of carbonyl (C=O) groups is 2. The highest BCUT2D eigenvalue weighted by Crippen LogP contribution is 2.23. The van der Waals surface area contributed by atoms with Gasteiger partial charge in [0, 0.05) is 0 Å². The second-order valence-electron chi connectivity index (χ2n) is 5.76. The minimum Gasteiger partial charge on any atom is -0.452 e. The number of esters is 2. The summed E-state index contributed by atoms with van der Waals surface area (Å²) >= 11 is 0. The van der Waals surface area contributed by atoms with Gasteiger partial charge in [0.2, 0.25) is 0 Å². The van der Waals surface area contributed by atoms with E-state index in [0.717, 1.165) is 0 Å². The first-order valence-electron chi connectivity index (χ1n) is 8.06. The van der Waals surface area contributed by atoms with E-state index in [9.17, 15) is 19.8 Å². The summed E-state index contributed by atoms with van der Waals surface area (Å²) in [5, 5.41) is 20.2. The molecule has 1 fully saturated rings. The summed E-state index contributed by atoms with van der Waals surface area (Å²) < 4.78 is 15.6. The van der Waals surface area contributed by atoms with Crippen LogP contribution in [0.5, 0.6) is 0 Å². The van der Waals surface area contributed by atoms with Crippen molar-refractivity contribution in [1.82, 2.24) is 0 Å². The molecule has 0 spiro atoms. The van der Waals surface area contributed by atoms with Crippen molar-refractivity contribution in [3.8, 4) is 0 Å². The molecule has 1 unspecified atom stereocenters. The van der Waals surface area contributed by atoms with E-state index in [0.29, 0.717) is 0 Å². The molecule has 0 radical (unpaired) electrons. The monoisotopic (exact) mass is 358 g/mol. The van der Waals surface area contributed by atoms with Gasteiger partial charge in [-0.1, -0.05) is 36.4 Å². The highest BCUT2D eigenvalue weighted by molar-refractivity contribution is 5.90.